The molecule has 1 aliphatic heterocycles. The van der Waals surface area contributed by atoms with Gasteiger partial charge in [-0.05, 0) is 78.1 Å². The van der Waals surface area contributed by atoms with E-state index in [0.717, 1.165) is 41.1 Å². The molecule has 0 radical (unpaired) electrons. The lowest BCUT2D eigenvalue weighted by atomic mass is 9.76. The van der Waals surface area contributed by atoms with Crippen LogP contribution in [0, 0.1) is 5.82 Å². The monoisotopic (exact) mass is 473 g/mol. The molecule has 0 aromatic heterocycles. The molecule has 3 aromatic rings. The molecular weight excluding hydrogens is 445 g/mol. The summed E-state index contributed by atoms with van der Waals surface area (Å²) < 4.78 is 19.1. The average molecular weight is 474 g/mol. The van der Waals surface area contributed by atoms with Gasteiger partial charge in [-0.25, -0.2) is 4.39 Å². The molecule has 1 aliphatic rings. The van der Waals surface area contributed by atoms with Gasteiger partial charge in [0.05, 0.1) is 12.6 Å². The van der Waals surface area contributed by atoms with Gasteiger partial charge in [0.15, 0.2) is 0 Å². The molecule has 6 nitrogen and oxygen atoms in total. The number of carbonyl (C=O) groups excluding carboxylic acids is 2. The Bertz CT molecular complexity index is 1260. The Morgan fingerprint density at radius 3 is 2.40 bits per heavy atom. The Hall–Kier alpha value is -4.13. The lowest BCUT2D eigenvalue weighted by Gasteiger charge is -2.48. The Balaban J connectivity index is 1.70. The third kappa shape index (κ3) is 5.04. The molecule has 2 N–H and O–H groups in total. The van der Waals surface area contributed by atoms with E-state index in [2.05, 4.69) is 34.8 Å². The normalized spacial score (nSPS) is 17.1. The molecule has 0 aliphatic carbocycles. The Morgan fingerprint density at radius 2 is 1.74 bits per heavy atom. The third-order valence-corrected chi connectivity index (χ3v) is 6.38. The van der Waals surface area contributed by atoms with Gasteiger partial charge in [-0.3, -0.25) is 20.4 Å². The number of anilines is 1. The molecule has 0 bridgehead atoms. The second kappa shape index (κ2) is 10.0. The molecule has 3 aromatic carbocycles. The van der Waals surface area contributed by atoms with E-state index in [0.29, 0.717) is 0 Å². The van der Waals surface area contributed by atoms with E-state index >= 15 is 0 Å². The first-order valence-corrected chi connectivity index (χ1v) is 11.4. The van der Waals surface area contributed by atoms with Gasteiger partial charge in [-0.1, -0.05) is 30.3 Å². The number of rotatable bonds is 5. The van der Waals surface area contributed by atoms with E-state index < -0.39 is 11.4 Å². The molecule has 4 rings (SSSR count). The molecule has 0 fully saturated rings. The maximum absolute atomic E-state index is 13.7. The minimum Gasteiger partial charge on any atom is -0.497 e. The van der Waals surface area contributed by atoms with Crippen LogP contribution in [-0.2, 0) is 21.5 Å². The molecule has 1 atom stereocenters. The molecule has 180 valence electrons. The highest BCUT2D eigenvalue weighted by molar-refractivity contribution is 5.92. The van der Waals surface area contributed by atoms with Crippen molar-refractivity contribution in [1.82, 2.24) is 10.9 Å². The van der Waals surface area contributed by atoms with Crippen LogP contribution >= 0.6 is 0 Å². The van der Waals surface area contributed by atoms with Crippen molar-refractivity contribution in [3.63, 3.8) is 0 Å². The van der Waals surface area contributed by atoms with Crippen molar-refractivity contribution < 1.29 is 18.7 Å². The van der Waals surface area contributed by atoms with Crippen LogP contribution < -0.4 is 20.5 Å². The number of hydrazine groups is 1. The van der Waals surface area contributed by atoms with Gasteiger partial charge in [0.25, 0.3) is 5.91 Å². The summed E-state index contributed by atoms with van der Waals surface area (Å²) in [6.07, 6.45) is 3.88. The number of amides is 2. The topological polar surface area (TPSA) is 70.7 Å². The Kier molecular flexibility index (Phi) is 6.87. The molecule has 0 spiro atoms. The number of benzene rings is 3. The minimum absolute atomic E-state index is 0.267. The van der Waals surface area contributed by atoms with Gasteiger partial charge in [0, 0.05) is 25.2 Å². The highest BCUT2D eigenvalue weighted by atomic mass is 19.1. The SMILES string of the molecule is COc1ccc2c(c1)CCN(c1ccc(F)cc1)C2(C)c1ccc(/C=C/C(=O)NNC(C)=O)cc1. The molecule has 35 heavy (non-hydrogen) atoms. The summed E-state index contributed by atoms with van der Waals surface area (Å²) in [4.78, 5) is 25.1. The minimum atomic E-state index is -0.511. The van der Waals surface area contributed by atoms with Crippen LogP contribution in [0.5, 0.6) is 5.75 Å². The molecule has 0 saturated heterocycles. The van der Waals surface area contributed by atoms with Gasteiger partial charge in [0.2, 0.25) is 5.91 Å². The van der Waals surface area contributed by atoms with Crippen LogP contribution in [0.15, 0.2) is 72.8 Å². The summed E-state index contributed by atoms with van der Waals surface area (Å²) in [6, 6.07) is 20.7. The first-order valence-electron chi connectivity index (χ1n) is 11.4. The zero-order valence-electron chi connectivity index (χ0n) is 20.0. The Morgan fingerprint density at radius 1 is 1.03 bits per heavy atom. The average Bonchev–Trinajstić information content (AvgIpc) is 2.87. The fourth-order valence-electron chi connectivity index (χ4n) is 4.58. The van der Waals surface area contributed by atoms with Crippen LogP contribution in [0.3, 0.4) is 0 Å². The van der Waals surface area contributed by atoms with Gasteiger partial charge >= 0.3 is 0 Å². The highest BCUT2D eigenvalue weighted by Gasteiger charge is 2.40. The zero-order valence-corrected chi connectivity index (χ0v) is 20.0. The number of methoxy groups -OCH3 is 1. The number of nitrogens with zero attached hydrogens (tertiary/aromatic N) is 1. The fraction of sp³-hybridized carbons (Fsp3) is 0.214. The first-order chi connectivity index (χ1) is 16.8. The number of fused-ring (bicyclic) bond motifs is 1. The molecule has 1 unspecified atom stereocenters. The fourth-order valence-corrected chi connectivity index (χ4v) is 4.58. The first kappa shape index (κ1) is 24.0. The van der Waals surface area contributed by atoms with E-state index in [1.54, 1.807) is 13.2 Å². The summed E-state index contributed by atoms with van der Waals surface area (Å²) in [5, 5.41) is 0. The number of carbonyl (C=O) groups is 2. The lowest BCUT2D eigenvalue weighted by Crippen LogP contribution is -2.49. The van der Waals surface area contributed by atoms with Crippen molar-refractivity contribution >= 4 is 23.6 Å². The predicted octanol–water partition coefficient (Wildman–Crippen LogP) is 4.34. The van der Waals surface area contributed by atoms with Crippen molar-refractivity contribution in [3.8, 4) is 5.75 Å². The number of hydrogen-bond donors (Lipinski definition) is 2. The van der Waals surface area contributed by atoms with E-state index in [1.165, 1.54) is 30.7 Å². The largest absolute Gasteiger partial charge is 0.497 e. The van der Waals surface area contributed by atoms with Crippen molar-refractivity contribution in [2.45, 2.75) is 25.8 Å². The second-order valence-electron chi connectivity index (χ2n) is 8.60. The number of nitrogens with one attached hydrogen (secondary N) is 2. The summed E-state index contributed by atoms with van der Waals surface area (Å²) in [7, 11) is 1.66. The molecule has 0 saturated carbocycles. The summed E-state index contributed by atoms with van der Waals surface area (Å²) in [6.45, 7) is 4.25. The van der Waals surface area contributed by atoms with Crippen molar-refractivity contribution in [3.05, 3.63) is 101 Å². The predicted molar refractivity (Wildman–Crippen MR) is 134 cm³/mol. The van der Waals surface area contributed by atoms with Gasteiger partial charge in [-0.15, -0.1) is 0 Å². The van der Waals surface area contributed by atoms with Crippen LogP contribution in [0.2, 0.25) is 0 Å². The molecule has 1 heterocycles. The van der Waals surface area contributed by atoms with Crippen LogP contribution in [-0.4, -0.2) is 25.5 Å². The Labute approximate surface area is 204 Å². The van der Waals surface area contributed by atoms with Crippen LogP contribution in [0.4, 0.5) is 10.1 Å². The summed E-state index contributed by atoms with van der Waals surface area (Å²) in [5.41, 5.74) is 9.26. The maximum Gasteiger partial charge on any atom is 0.262 e. The van der Waals surface area contributed by atoms with Crippen LogP contribution in [0.1, 0.15) is 36.1 Å². The molecule has 7 heteroatoms. The van der Waals surface area contributed by atoms with Gasteiger partial charge in [-0.2, -0.15) is 0 Å². The third-order valence-electron chi connectivity index (χ3n) is 6.38. The molecular formula is C28H28FN3O3. The lowest BCUT2D eigenvalue weighted by molar-refractivity contribution is -0.125. The number of ether oxygens (including phenoxy) is 1. The van der Waals surface area contributed by atoms with E-state index in [4.69, 9.17) is 4.74 Å². The summed E-state index contributed by atoms with van der Waals surface area (Å²) >= 11 is 0. The number of halogens is 1. The number of hydrogen-bond acceptors (Lipinski definition) is 4. The van der Waals surface area contributed by atoms with Crippen molar-refractivity contribution in [2.24, 2.45) is 0 Å². The van der Waals surface area contributed by atoms with Gasteiger partial charge in [0.1, 0.15) is 11.6 Å². The van der Waals surface area contributed by atoms with Crippen molar-refractivity contribution in [2.75, 3.05) is 18.6 Å². The second-order valence-corrected chi connectivity index (χ2v) is 8.60. The quantitative estimate of drug-likeness (QED) is 0.427. The zero-order chi connectivity index (χ0) is 25.0. The maximum atomic E-state index is 13.7. The van der Waals surface area contributed by atoms with Crippen LogP contribution in [0.25, 0.3) is 6.08 Å². The highest BCUT2D eigenvalue weighted by Crippen LogP contribution is 2.44. The van der Waals surface area contributed by atoms with E-state index in [9.17, 15) is 14.0 Å². The van der Waals surface area contributed by atoms with E-state index in [-0.39, 0.29) is 11.7 Å². The standard InChI is InChI=1S/C28H28FN3O3/c1-19(33)30-31-27(34)15-6-20-4-7-22(8-5-20)28(2)26-14-13-25(35-3)18-21(26)16-17-32(28)24-11-9-23(29)10-12-24/h4-15,18H,16-17H2,1-3H3,(H,30,33)(H,31,34)/b15-6+. The van der Waals surface area contributed by atoms with Crippen molar-refractivity contribution in [1.29, 1.82) is 0 Å². The van der Waals surface area contributed by atoms with E-state index in [1.807, 2.05) is 42.5 Å². The smallest absolute Gasteiger partial charge is 0.262 e. The molecule has 2 amide bonds. The van der Waals surface area contributed by atoms with Gasteiger partial charge < -0.3 is 9.64 Å². The summed E-state index contributed by atoms with van der Waals surface area (Å²) in [5.74, 6) is -0.218.